The van der Waals surface area contributed by atoms with Crippen LogP contribution < -0.4 is 10.6 Å². The lowest BCUT2D eigenvalue weighted by atomic mass is 10.2. The molecule has 0 bridgehead atoms. The van der Waals surface area contributed by atoms with Gasteiger partial charge in [-0.1, -0.05) is 13.3 Å². The van der Waals surface area contributed by atoms with Crippen LogP contribution in [-0.4, -0.2) is 60.6 Å². The second-order valence-corrected chi connectivity index (χ2v) is 7.47. The van der Waals surface area contributed by atoms with Crippen LogP contribution in [0.15, 0.2) is 33.5 Å². The van der Waals surface area contributed by atoms with Crippen molar-refractivity contribution in [1.82, 2.24) is 20.6 Å². The number of aliphatic hydroxyl groups excluding tert-OH is 1. The van der Waals surface area contributed by atoms with Gasteiger partial charge >= 0.3 is 11.4 Å². The minimum absolute atomic E-state index is 0.0183. The molecule has 0 aliphatic heterocycles. The number of non-ortho nitro benzene ring substituents is 2. The van der Waals surface area contributed by atoms with E-state index in [0.717, 1.165) is 19.4 Å². The molecule has 0 aliphatic carbocycles. The Balaban J connectivity index is 0.000000202. The van der Waals surface area contributed by atoms with E-state index >= 15 is 0 Å². The topological polar surface area (TPSA) is 225 Å². The van der Waals surface area contributed by atoms with Crippen molar-refractivity contribution < 1.29 is 29.0 Å². The van der Waals surface area contributed by atoms with Crippen LogP contribution in [0.2, 0.25) is 0 Å². The van der Waals surface area contributed by atoms with Gasteiger partial charge in [0, 0.05) is 18.7 Å². The van der Waals surface area contributed by atoms with Crippen molar-refractivity contribution in [2.75, 3.05) is 23.8 Å². The van der Waals surface area contributed by atoms with E-state index in [-0.39, 0.29) is 33.7 Å². The standard InChI is InChI=1S/C10H10N4O5.C10H12N4O3/c1-5(16)7(4-15)11-6-2-3-8(14(17)18)10-9(6)12-19-13-10;1-2-3-6-11-7-4-5-8(14(15)16)10-9(7)12-17-13-10/h2-3,7,11,15H,4H2,1H3;4-5,11H,2-3,6H2,1H3. The Labute approximate surface area is 201 Å². The second kappa shape index (κ2) is 11.6. The lowest BCUT2D eigenvalue weighted by Gasteiger charge is -2.14. The van der Waals surface area contributed by atoms with Crippen LogP contribution in [0.5, 0.6) is 0 Å². The van der Waals surface area contributed by atoms with Gasteiger partial charge in [0.2, 0.25) is 11.0 Å². The van der Waals surface area contributed by atoms with E-state index in [1.165, 1.54) is 25.1 Å². The second-order valence-electron chi connectivity index (χ2n) is 7.47. The summed E-state index contributed by atoms with van der Waals surface area (Å²) in [5.41, 5.74) is 1.39. The number of fused-ring (bicyclic) bond motifs is 2. The summed E-state index contributed by atoms with van der Waals surface area (Å²) in [6, 6.07) is 4.82. The van der Waals surface area contributed by atoms with Gasteiger partial charge < -0.3 is 15.7 Å². The molecule has 4 rings (SSSR count). The highest BCUT2D eigenvalue weighted by Gasteiger charge is 2.22. The average molecular weight is 502 g/mol. The van der Waals surface area contributed by atoms with Crippen LogP contribution in [-0.2, 0) is 4.79 Å². The lowest BCUT2D eigenvalue weighted by molar-refractivity contribution is -0.383. The van der Waals surface area contributed by atoms with Crippen molar-refractivity contribution in [3.8, 4) is 0 Å². The number of aromatic nitrogens is 4. The molecule has 1 unspecified atom stereocenters. The number of carbonyl (C=O) groups excluding carboxylic acids is 1. The van der Waals surface area contributed by atoms with Gasteiger partial charge in [0.25, 0.3) is 0 Å². The van der Waals surface area contributed by atoms with E-state index in [0.29, 0.717) is 16.9 Å². The molecular formula is C20H22N8O8. The van der Waals surface area contributed by atoms with Crippen molar-refractivity contribution in [2.24, 2.45) is 0 Å². The first-order chi connectivity index (χ1) is 17.3. The number of Topliss-reactive ketones (excluding diaryl/α,β-unsaturated/α-hetero) is 1. The van der Waals surface area contributed by atoms with E-state index in [9.17, 15) is 25.0 Å². The Morgan fingerprint density at radius 3 is 1.92 bits per heavy atom. The summed E-state index contributed by atoms with van der Waals surface area (Å²) < 4.78 is 9.04. The van der Waals surface area contributed by atoms with Gasteiger partial charge in [0.15, 0.2) is 16.8 Å². The Hall–Kier alpha value is -4.73. The van der Waals surface area contributed by atoms with E-state index in [4.69, 9.17) is 5.11 Å². The van der Waals surface area contributed by atoms with Crippen molar-refractivity contribution >= 4 is 50.6 Å². The number of aliphatic hydroxyl groups is 1. The maximum Gasteiger partial charge on any atom is 0.300 e. The maximum absolute atomic E-state index is 11.2. The average Bonchev–Trinajstić information content (AvgIpc) is 3.53. The minimum atomic E-state index is -0.818. The molecule has 4 aromatic rings. The number of rotatable bonds is 10. The summed E-state index contributed by atoms with van der Waals surface area (Å²) in [5, 5.41) is 50.8. The number of nitro benzene ring substituents is 2. The SMILES string of the molecule is CC(=O)C(CO)Nc1ccc([N+](=O)[O-])c2nonc12.CCCCNc1ccc([N+](=O)[O-])c2nonc12. The molecule has 16 heteroatoms. The molecule has 2 aromatic carbocycles. The number of carbonyl (C=O) groups is 1. The predicted octanol–water partition coefficient (Wildman–Crippen LogP) is 2.84. The fourth-order valence-electron chi connectivity index (χ4n) is 3.12. The van der Waals surface area contributed by atoms with Crippen LogP contribution in [0.4, 0.5) is 22.7 Å². The first kappa shape index (κ1) is 25.9. The van der Waals surface area contributed by atoms with Gasteiger partial charge in [-0.3, -0.25) is 25.0 Å². The third kappa shape index (κ3) is 5.66. The summed E-state index contributed by atoms with van der Waals surface area (Å²) in [7, 11) is 0. The van der Waals surface area contributed by atoms with Gasteiger partial charge in [0.05, 0.1) is 27.8 Å². The minimum Gasteiger partial charge on any atom is -0.394 e. The molecule has 190 valence electrons. The Bertz CT molecular complexity index is 1380. The number of unbranched alkanes of at least 4 members (excludes halogenated alkanes) is 1. The van der Waals surface area contributed by atoms with Gasteiger partial charge in [-0.25, -0.2) is 9.26 Å². The van der Waals surface area contributed by atoms with Gasteiger partial charge in [-0.05, 0) is 46.1 Å². The lowest BCUT2D eigenvalue weighted by Crippen LogP contribution is -2.31. The van der Waals surface area contributed by atoms with Crippen molar-refractivity contribution in [1.29, 1.82) is 0 Å². The smallest absolute Gasteiger partial charge is 0.300 e. The van der Waals surface area contributed by atoms with Crippen molar-refractivity contribution in [2.45, 2.75) is 32.7 Å². The molecular weight excluding hydrogens is 480 g/mol. The molecule has 0 saturated carbocycles. The zero-order valence-electron chi connectivity index (χ0n) is 19.2. The van der Waals surface area contributed by atoms with Crippen LogP contribution in [0.3, 0.4) is 0 Å². The zero-order valence-corrected chi connectivity index (χ0v) is 19.2. The number of nitrogens with one attached hydrogen (secondary N) is 2. The van der Waals surface area contributed by atoms with Crippen LogP contribution in [0.25, 0.3) is 22.1 Å². The number of nitrogens with zero attached hydrogens (tertiary/aromatic N) is 6. The molecule has 3 N–H and O–H groups in total. The quantitative estimate of drug-likeness (QED) is 0.161. The fraction of sp³-hybridized carbons (Fsp3) is 0.350. The number of anilines is 2. The van der Waals surface area contributed by atoms with Crippen molar-refractivity contribution in [3.05, 3.63) is 44.5 Å². The van der Waals surface area contributed by atoms with E-state index in [2.05, 4.69) is 47.4 Å². The molecule has 2 aromatic heterocycles. The van der Waals surface area contributed by atoms with Gasteiger partial charge in [-0.15, -0.1) is 0 Å². The van der Waals surface area contributed by atoms with Crippen LogP contribution in [0.1, 0.15) is 26.7 Å². The third-order valence-corrected chi connectivity index (χ3v) is 5.03. The Morgan fingerprint density at radius 1 is 0.944 bits per heavy atom. The zero-order chi connectivity index (χ0) is 26.2. The molecule has 2 heterocycles. The monoisotopic (exact) mass is 502 g/mol. The maximum atomic E-state index is 11.2. The highest BCUT2D eigenvalue weighted by molar-refractivity contribution is 5.95. The van der Waals surface area contributed by atoms with Crippen LogP contribution >= 0.6 is 0 Å². The normalized spacial score (nSPS) is 11.5. The Morgan fingerprint density at radius 2 is 1.44 bits per heavy atom. The summed E-state index contributed by atoms with van der Waals surface area (Å²) in [4.78, 5) is 31.7. The summed E-state index contributed by atoms with van der Waals surface area (Å²) in [6.45, 7) is 3.79. The number of ketones is 1. The molecule has 0 fully saturated rings. The number of benzene rings is 2. The predicted molar refractivity (Wildman–Crippen MR) is 125 cm³/mol. The molecule has 16 nitrogen and oxygen atoms in total. The fourth-order valence-corrected chi connectivity index (χ4v) is 3.12. The van der Waals surface area contributed by atoms with Gasteiger partial charge in [-0.2, -0.15) is 0 Å². The van der Waals surface area contributed by atoms with E-state index in [1.807, 2.05) is 0 Å². The molecule has 0 saturated heterocycles. The third-order valence-electron chi connectivity index (χ3n) is 5.03. The summed E-state index contributed by atoms with van der Waals surface area (Å²) in [6.07, 6.45) is 2.09. The molecule has 0 radical (unpaired) electrons. The molecule has 0 spiro atoms. The van der Waals surface area contributed by atoms with E-state index < -0.39 is 22.5 Å². The first-order valence-electron chi connectivity index (χ1n) is 10.7. The first-order valence-corrected chi connectivity index (χ1v) is 10.7. The van der Waals surface area contributed by atoms with E-state index in [1.54, 1.807) is 6.07 Å². The van der Waals surface area contributed by atoms with Crippen molar-refractivity contribution in [3.63, 3.8) is 0 Å². The largest absolute Gasteiger partial charge is 0.394 e. The highest BCUT2D eigenvalue weighted by Crippen LogP contribution is 2.29. The van der Waals surface area contributed by atoms with Crippen LogP contribution in [0, 0.1) is 20.2 Å². The molecule has 0 amide bonds. The number of hydrogen-bond donors (Lipinski definition) is 3. The summed E-state index contributed by atoms with van der Waals surface area (Å²) in [5.74, 6) is -0.273. The number of hydrogen-bond acceptors (Lipinski definition) is 14. The Kier molecular flexibility index (Phi) is 8.35. The molecule has 0 aliphatic rings. The summed E-state index contributed by atoms with van der Waals surface area (Å²) >= 11 is 0. The highest BCUT2D eigenvalue weighted by atomic mass is 16.6. The molecule has 1 atom stereocenters. The number of nitro groups is 2. The van der Waals surface area contributed by atoms with Gasteiger partial charge in [0.1, 0.15) is 6.04 Å². The molecule has 36 heavy (non-hydrogen) atoms.